The van der Waals surface area contributed by atoms with Crippen molar-refractivity contribution in [1.29, 1.82) is 0 Å². The molecule has 0 radical (unpaired) electrons. The third-order valence-electron chi connectivity index (χ3n) is 4.80. The molecule has 152 valence electrons. The normalized spacial score (nSPS) is 11.6. The van der Waals surface area contributed by atoms with Gasteiger partial charge in [0, 0.05) is 6.04 Å². The topological polar surface area (TPSA) is 77.8 Å². The summed E-state index contributed by atoms with van der Waals surface area (Å²) in [6.45, 7) is 2.17. The van der Waals surface area contributed by atoms with Crippen LogP contribution in [0.15, 0.2) is 66.7 Å². The van der Waals surface area contributed by atoms with E-state index in [2.05, 4.69) is 92.6 Å². The number of carbonyl (C=O) groups is 2. The second-order valence-electron chi connectivity index (χ2n) is 7.18. The van der Waals surface area contributed by atoms with Gasteiger partial charge in [0.05, 0.1) is 0 Å². The molecular formula is C24H27NO4. The van der Waals surface area contributed by atoms with Gasteiger partial charge in [0.15, 0.2) is 0 Å². The summed E-state index contributed by atoms with van der Waals surface area (Å²) in [4.78, 5) is 20.5. The highest BCUT2D eigenvalue weighted by molar-refractivity contribution is 6.27. The summed E-state index contributed by atoms with van der Waals surface area (Å²) in [5.74, 6) is -3.65. The molecule has 0 aliphatic rings. The van der Waals surface area contributed by atoms with E-state index in [0.717, 1.165) is 12.8 Å². The van der Waals surface area contributed by atoms with Crippen LogP contribution in [-0.2, 0) is 16.0 Å². The zero-order chi connectivity index (χ0) is 21.4. The van der Waals surface area contributed by atoms with E-state index >= 15 is 0 Å². The van der Waals surface area contributed by atoms with E-state index in [-0.39, 0.29) is 0 Å². The standard InChI is InChI=1S/C22H25N.C2H2O4/c1-17-8-6-12-20(16-17)22(23(2)3)15-14-19-11-7-10-18-9-4-5-13-21(18)19;3-1(4)2(5)6/h4-13,16,22H,14-15H2,1-3H3;(H,3,4)(H,5,6). The molecule has 29 heavy (non-hydrogen) atoms. The van der Waals surface area contributed by atoms with Crippen LogP contribution >= 0.6 is 0 Å². The van der Waals surface area contributed by atoms with Crippen molar-refractivity contribution in [2.45, 2.75) is 25.8 Å². The Morgan fingerprint density at radius 1 is 0.897 bits per heavy atom. The van der Waals surface area contributed by atoms with E-state index in [0.29, 0.717) is 6.04 Å². The lowest BCUT2D eigenvalue weighted by Crippen LogP contribution is -2.20. The maximum absolute atomic E-state index is 9.10. The van der Waals surface area contributed by atoms with Gasteiger partial charge in [-0.2, -0.15) is 0 Å². The summed E-state index contributed by atoms with van der Waals surface area (Å²) in [5, 5.41) is 17.5. The van der Waals surface area contributed by atoms with E-state index in [9.17, 15) is 0 Å². The number of carboxylic acids is 2. The molecular weight excluding hydrogens is 366 g/mol. The quantitative estimate of drug-likeness (QED) is 0.622. The Morgan fingerprint density at radius 3 is 2.14 bits per heavy atom. The minimum Gasteiger partial charge on any atom is -0.473 e. The van der Waals surface area contributed by atoms with Gasteiger partial charge in [-0.1, -0.05) is 72.3 Å². The molecule has 3 rings (SSSR count). The summed E-state index contributed by atoms with van der Waals surface area (Å²) >= 11 is 0. The molecule has 0 aliphatic heterocycles. The van der Waals surface area contributed by atoms with Crippen LogP contribution < -0.4 is 0 Å². The summed E-state index contributed by atoms with van der Waals surface area (Å²) in [5.41, 5.74) is 4.19. The Balaban J connectivity index is 0.000000438. The number of benzene rings is 3. The minimum atomic E-state index is -1.82. The monoisotopic (exact) mass is 393 g/mol. The molecule has 0 spiro atoms. The van der Waals surface area contributed by atoms with Gasteiger partial charge in [-0.15, -0.1) is 0 Å². The van der Waals surface area contributed by atoms with Gasteiger partial charge in [0.1, 0.15) is 0 Å². The van der Waals surface area contributed by atoms with Crippen LogP contribution in [0.2, 0.25) is 0 Å². The predicted molar refractivity (Wildman–Crippen MR) is 115 cm³/mol. The number of aryl methyl sites for hydroxylation is 2. The van der Waals surface area contributed by atoms with Gasteiger partial charge in [-0.05, 0) is 55.8 Å². The molecule has 0 heterocycles. The second kappa shape index (κ2) is 10.4. The summed E-state index contributed by atoms with van der Waals surface area (Å²) < 4.78 is 0. The van der Waals surface area contributed by atoms with E-state index in [1.54, 1.807) is 0 Å². The largest absolute Gasteiger partial charge is 0.473 e. The summed E-state index contributed by atoms with van der Waals surface area (Å²) in [6.07, 6.45) is 2.22. The molecule has 0 amide bonds. The summed E-state index contributed by atoms with van der Waals surface area (Å²) in [7, 11) is 4.35. The van der Waals surface area contributed by atoms with Gasteiger partial charge in [-0.25, -0.2) is 9.59 Å². The van der Waals surface area contributed by atoms with Crippen molar-refractivity contribution in [3.05, 3.63) is 83.4 Å². The highest BCUT2D eigenvalue weighted by Crippen LogP contribution is 2.27. The highest BCUT2D eigenvalue weighted by atomic mass is 16.4. The summed E-state index contributed by atoms with van der Waals surface area (Å²) in [6, 6.07) is 24.7. The number of carboxylic acid groups (broad SMARTS) is 2. The van der Waals surface area contributed by atoms with Crippen molar-refractivity contribution in [3.8, 4) is 0 Å². The Bertz CT molecular complexity index is 964. The molecule has 0 bridgehead atoms. The van der Waals surface area contributed by atoms with Crippen LogP contribution in [0, 0.1) is 6.92 Å². The van der Waals surface area contributed by atoms with Crippen molar-refractivity contribution in [2.24, 2.45) is 0 Å². The fraction of sp³-hybridized carbons (Fsp3) is 0.250. The average molecular weight is 393 g/mol. The van der Waals surface area contributed by atoms with Crippen LogP contribution in [0.4, 0.5) is 0 Å². The third-order valence-corrected chi connectivity index (χ3v) is 4.80. The first-order chi connectivity index (χ1) is 13.8. The van der Waals surface area contributed by atoms with E-state index in [1.807, 2.05) is 0 Å². The van der Waals surface area contributed by atoms with Crippen LogP contribution in [0.1, 0.15) is 29.2 Å². The Hall–Kier alpha value is -3.18. The van der Waals surface area contributed by atoms with Crippen LogP contribution in [-0.4, -0.2) is 41.1 Å². The number of hydrogen-bond donors (Lipinski definition) is 2. The lowest BCUT2D eigenvalue weighted by atomic mass is 9.94. The number of rotatable bonds is 5. The SMILES string of the molecule is Cc1cccc(C(CCc2cccc3ccccc23)N(C)C)c1.O=C(O)C(=O)O. The number of hydrogen-bond acceptors (Lipinski definition) is 3. The van der Waals surface area contributed by atoms with Crippen LogP contribution in [0.25, 0.3) is 10.8 Å². The van der Waals surface area contributed by atoms with Gasteiger partial charge in [0.25, 0.3) is 0 Å². The lowest BCUT2D eigenvalue weighted by molar-refractivity contribution is -0.159. The third kappa shape index (κ3) is 6.43. The van der Waals surface area contributed by atoms with Crippen molar-refractivity contribution in [2.75, 3.05) is 14.1 Å². The molecule has 0 aromatic heterocycles. The molecule has 3 aromatic rings. The maximum Gasteiger partial charge on any atom is 0.414 e. The zero-order valence-electron chi connectivity index (χ0n) is 17.0. The number of nitrogens with zero attached hydrogens (tertiary/aromatic N) is 1. The van der Waals surface area contributed by atoms with Gasteiger partial charge in [-0.3, -0.25) is 0 Å². The Kier molecular flexibility index (Phi) is 7.92. The molecule has 0 aliphatic carbocycles. The molecule has 0 fully saturated rings. The fourth-order valence-corrected chi connectivity index (χ4v) is 3.40. The number of fused-ring (bicyclic) bond motifs is 1. The van der Waals surface area contributed by atoms with Gasteiger partial charge >= 0.3 is 11.9 Å². The molecule has 5 heteroatoms. The molecule has 3 aromatic carbocycles. The van der Waals surface area contributed by atoms with Crippen molar-refractivity contribution < 1.29 is 19.8 Å². The van der Waals surface area contributed by atoms with E-state index < -0.39 is 11.9 Å². The highest BCUT2D eigenvalue weighted by Gasteiger charge is 2.14. The second-order valence-corrected chi connectivity index (χ2v) is 7.18. The van der Waals surface area contributed by atoms with Crippen LogP contribution in [0.3, 0.4) is 0 Å². The minimum absolute atomic E-state index is 0.453. The Labute approximate surface area is 171 Å². The fourth-order valence-electron chi connectivity index (χ4n) is 3.40. The first-order valence-corrected chi connectivity index (χ1v) is 9.45. The first-order valence-electron chi connectivity index (χ1n) is 9.45. The van der Waals surface area contributed by atoms with Crippen molar-refractivity contribution >= 4 is 22.7 Å². The van der Waals surface area contributed by atoms with Crippen molar-refractivity contribution in [3.63, 3.8) is 0 Å². The zero-order valence-corrected chi connectivity index (χ0v) is 17.0. The van der Waals surface area contributed by atoms with E-state index in [1.165, 1.54) is 27.5 Å². The maximum atomic E-state index is 9.10. The molecule has 1 unspecified atom stereocenters. The van der Waals surface area contributed by atoms with Crippen molar-refractivity contribution in [1.82, 2.24) is 4.90 Å². The van der Waals surface area contributed by atoms with Crippen LogP contribution in [0.5, 0.6) is 0 Å². The lowest BCUT2D eigenvalue weighted by Gasteiger charge is -2.25. The molecule has 1 atom stereocenters. The first kappa shape index (κ1) is 22.1. The average Bonchev–Trinajstić information content (AvgIpc) is 2.68. The molecule has 2 N–H and O–H groups in total. The molecule has 0 saturated heterocycles. The number of aliphatic carboxylic acids is 2. The van der Waals surface area contributed by atoms with Gasteiger partial charge in [0.2, 0.25) is 0 Å². The Morgan fingerprint density at radius 2 is 1.52 bits per heavy atom. The smallest absolute Gasteiger partial charge is 0.414 e. The van der Waals surface area contributed by atoms with E-state index in [4.69, 9.17) is 19.8 Å². The molecule has 5 nitrogen and oxygen atoms in total. The molecule has 0 saturated carbocycles. The van der Waals surface area contributed by atoms with Gasteiger partial charge < -0.3 is 15.1 Å². The predicted octanol–water partition coefficient (Wildman–Crippen LogP) is 4.54.